The van der Waals surface area contributed by atoms with Gasteiger partial charge in [0.15, 0.2) is 11.6 Å². The average Bonchev–Trinajstić information content (AvgIpc) is 2.69. The molecule has 4 rings (SSSR count). The molecule has 120 valence electrons. The molecule has 4 aromatic rings. The topological polar surface area (TPSA) is 51.6 Å². The van der Waals surface area contributed by atoms with Gasteiger partial charge in [-0.2, -0.15) is 0 Å². The van der Waals surface area contributed by atoms with E-state index in [2.05, 4.69) is 26.0 Å². The predicted molar refractivity (Wildman–Crippen MR) is 98.7 cm³/mol. The minimum absolute atomic E-state index is 0.670. The van der Waals surface area contributed by atoms with Crippen molar-refractivity contribution in [1.29, 1.82) is 0 Å². The Morgan fingerprint density at radius 1 is 0.600 bits per heavy atom. The number of aryl methyl sites for hydroxylation is 1. The van der Waals surface area contributed by atoms with Gasteiger partial charge in [-0.1, -0.05) is 54.6 Å². The number of hydrogen-bond donors (Lipinski definition) is 0. The molecule has 25 heavy (non-hydrogen) atoms. The molecular weight excluding hydrogens is 308 g/mol. The summed E-state index contributed by atoms with van der Waals surface area (Å²) in [6.45, 7) is 1.89. The molecule has 0 atom stereocenters. The first kappa shape index (κ1) is 15.1. The van der Waals surface area contributed by atoms with Crippen molar-refractivity contribution in [2.45, 2.75) is 6.92 Å². The maximum atomic E-state index is 4.67. The minimum atomic E-state index is 0.670. The molecule has 0 radical (unpaired) electrons. The van der Waals surface area contributed by atoms with Crippen molar-refractivity contribution in [1.82, 2.24) is 19.9 Å². The zero-order chi connectivity index (χ0) is 17.1. The van der Waals surface area contributed by atoms with Crippen LogP contribution in [0.3, 0.4) is 0 Å². The van der Waals surface area contributed by atoms with E-state index in [1.165, 1.54) is 0 Å². The lowest BCUT2D eigenvalue weighted by molar-refractivity contribution is 0.992. The van der Waals surface area contributed by atoms with Crippen LogP contribution >= 0.6 is 0 Å². The molecule has 2 aromatic heterocycles. The molecule has 4 nitrogen and oxygen atoms in total. The Morgan fingerprint density at radius 2 is 1.28 bits per heavy atom. The van der Waals surface area contributed by atoms with Gasteiger partial charge in [0.05, 0.1) is 5.69 Å². The normalized spacial score (nSPS) is 10.6. The summed E-state index contributed by atoms with van der Waals surface area (Å²) in [7, 11) is 0. The minimum Gasteiger partial charge on any atom is -0.256 e. The summed E-state index contributed by atoms with van der Waals surface area (Å²) in [5.74, 6) is 2.06. The lowest BCUT2D eigenvalue weighted by atomic mass is 10.1. The van der Waals surface area contributed by atoms with Crippen molar-refractivity contribution in [3.8, 4) is 34.0 Å². The molecule has 0 aliphatic heterocycles. The lowest BCUT2D eigenvalue weighted by Crippen LogP contribution is -1.99. The van der Waals surface area contributed by atoms with E-state index in [0.29, 0.717) is 17.5 Å². The van der Waals surface area contributed by atoms with E-state index in [0.717, 1.165) is 22.4 Å². The fraction of sp³-hybridized carbons (Fsp3) is 0.0476. The Morgan fingerprint density at radius 3 is 2.04 bits per heavy atom. The van der Waals surface area contributed by atoms with Crippen LogP contribution in [0.5, 0.6) is 0 Å². The van der Waals surface area contributed by atoms with Crippen LogP contribution in [0.4, 0.5) is 0 Å². The lowest BCUT2D eigenvalue weighted by Gasteiger charge is -2.07. The standard InChI is InChI=1S/C21H16N4/c1-15-23-20(16-8-3-2-4-9-16)25-21(24-15)18-11-7-10-17(14-18)19-12-5-6-13-22-19/h2-14H,1H3. The number of benzene rings is 2. The van der Waals surface area contributed by atoms with Crippen LogP contribution in [0.1, 0.15) is 5.82 Å². The largest absolute Gasteiger partial charge is 0.256 e. The first-order valence-electron chi connectivity index (χ1n) is 8.09. The van der Waals surface area contributed by atoms with Crippen LogP contribution in [0.15, 0.2) is 79.0 Å². The summed E-state index contributed by atoms with van der Waals surface area (Å²) < 4.78 is 0. The van der Waals surface area contributed by atoms with Crippen LogP contribution < -0.4 is 0 Å². The molecule has 0 saturated heterocycles. The van der Waals surface area contributed by atoms with Crippen molar-refractivity contribution in [3.05, 3.63) is 84.8 Å². The molecular formula is C21H16N4. The van der Waals surface area contributed by atoms with Crippen LogP contribution in [0.2, 0.25) is 0 Å². The number of rotatable bonds is 3. The maximum absolute atomic E-state index is 4.67. The molecule has 4 heteroatoms. The Labute approximate surface area is 146 Å². The quantitative estimate of drug-likeness (QED) is 0.553. The third-order valence-electron chi connectivity index (χ3n) is 3.86. The highest BCUT2D eigenvalue weighted by atomic mass is 15.0. The Hall–Kier alpha value is -3.40. The first-order valence-corrected chi connectivity index (χ1v) is 8.09. The summed E-state index contributed by atoms with van der Waals surface area (Å²) >= 11 is 0. The van der Waals surface area contributed by atoms with Gasteiger partial charge in [0.2, 0.25) is 0 Å². The first-order chi connectivity index (χ1) is 12.3. The predicted octanol–water partition coefficient (Wildman–Crippen LogP) is 4.58. The molecule has 0 amide bonds. The summed E-state index contributed by atoms with van der Waals surface area (Å²) in [5, 5.41) is 0. The SMILES string of the molecule is Cc1nc(-c2ccccc2)nc(-c2cccc(-c3ccccn3)c2)n1. The molecule has 0 saturated carbocycles. The van der Waals surface area contributed by atoms with E-state index in [4.69, 9.17) is 0 Å². The molecule has 0 aliphatic carbocycles. The van der Waals surface area contributed by atoms with E-state index in [9.17, 15) is 0 Å². The maximum Gasteiger partial charge on any atom is 0.163 e. The van der Waals surface area contributed by atoms with Crippen molar-refractivity contribution >= 4 is 0 Å². The fourth-order valence-corrected chi connectivity index (χ4v) is 2.68. The molecule has 0 aliphatic rings. The number of pyridine rings is 1. The molecule has 0 fully saturated rings. The Balaban J connectivity index is 1.79. The molecule has 0 N–H and O–H groups in total. The van der Waals surface area contributed by atoms with Gasteiger partial charge in [0.1, 0.15) is 5.82 Å². The molecule has 2 aromatic carbocycles. The highest BCUT2D eigenvalue weighted by Crippen LogP contribution is 2.24. The van der Waals surface area contributed by atoms with Gasteiger partial charge in [-0.3, -0.25) is 4.98 Å². The highest BCUT2D eigenvalue weighted by molar-refractivity contribution is 5.68. The van der Waals surface area contributed by atoms with Gasteiger partial charge in [0.25, 0.3) is 0 Å². The average molecular weight is 324 g/mol. The third-order valence-corrected chi connectivity index (χ3v) is 3.86. The second-order valence-corrected chi connectivity index (χ2v) is 5.69. The summed E-state index contributed by atoms with van der Waals surface area (Å²) in [6.07, 6.45) is 1.79. The third kappa shape index (κ3) is 3.28. The second-order valence-electron chi connectivity index (χ2n) is 5.69. The van der Waals surface area contributed by atoms with Crippen molar-refractivity contribution in [2.75, 3.05) is 0 Å². The number of hydrogen-bond acceptors (Lipinski definition) is 4. The van der Waals surface area contributed by atoms with Crippen molar-refractivity contribution in [3.63, 3.8) is 0 Å². The molecule has 0 bridgehead atoms. The zero-order valence-corrected chi connectivity index (χ0v) is 13.8. The van der Waals surface area contributed by atoms with Gasteiger partial charge < -0.3 is 0 Å². The molecule has 2 heterocycles. The van der Waals surface area contributed by atoms with Gasteiger partial charge >= 0.3 is 0 Å². The van der Waals surface area contributed by atoms with E-state index < -0.39 is 0 Å². The van der Waals surface area contributed by atoms with E-state index >= 15 is 0 Å². The number of aromatic nitrogens is 4. The zero-order valence-electron chi connectivity index (χ0n) is 13.8. The van der Waals surface area contributed by atoms with Crippen LogP contribution in [0, 0.1) is 6.92 Å². The highest BCUT2D eigenvalue weighted by Gasteiger charge is 2.09. The van der Waals surface area contributed by atoms with Gasteiger partial charge in [-0.15, -0.1) is 0 Å². The van der Waals surface area contributed by atoms with E-state index in [1.807, 2.05) is 73.7 Å². The fourth-order valence-electron chi connectivity index (χ4n) is 2.68. The summed E-state index contributed by atoms with van der Waals surface area (Å²) in [6, 6.07) is 23.9. The second kappa shape index (κ2) is 6.61. The van der Waals surface area contributed by atoms with Gasteiger partial charge in [0, 0.05) is 22.9 Å². The monoisotopic (exact) mass is 324 g/mol. The molecule has 0 unspecified atom stereocenters. The number of nitrogens with zero attached hydrogens (tertiary/aromatic N) is 4. The van der Waals surface area contributed by atoms with Crippen molar-refractivity contribution in [2.24, 2.45) is 0 Å². The Bertz CT molecular complexity index is 999. The Kier molecular flexibility index (Phi) is 4.01. The smallest absolute Gasteiger partial charge is 0.163 e. The van der Waals surface area contributed by atoms with Crippen LogP contribution in [0.25, 0.3) is 34.0 Å². The van der Waals surface area contributed by atoms with Crippen LogP contribution in [-0.2, 0) is 0 Å². The van der Waals surface area contributed by atoms with E-state index in [1.54, 1.807) is 6.20 Å². The van der Waals surface area contributed by atoms with E-state index in [-0.39, 0.29) is 0 Å². The van der Waals surface area contributed by atoms with Crippen molar-refractivity contribution < 1.29 is 0 Å². The van der Waals surface area contributed by atoms with Gasteiger partial charge in [-0.05, 0) is 25.1 Å². The summed E-state index contributed by atoms with van der Waals surface area (Å²) in [4.78, 5) is 18.1. The van der Waals surface area contributed by atoms with Gasteiger partial charge in [-0.25, -0.2) is 15.0 Å². The summed E-state index contributed by atoms with van der Waals surface area (Å²) in [5.41, 5.74) is 3.90. The molecule has 0 spiro atoms. The van der Waals surface area contributed by atoms with Crippen LogP contribution in [-0.4, -0.2) is 19.9 Å².